The molecular weight excluding hydrogens is 358 g/mol. The van der Waals surface area contributed by atoms with Crippen LogP contribution < -0.4 is 10.6 Å². The van der Waals surface area contributed by atoms with Crippen LogP contribution in [-0.2, 0) is 0 Å². The first kappa shape index (κ1) is 17.9. The van der Waals surface area contributed by atoms with Crippen LogP contribution in [0.25, 0.3) is 22.6 Å². The van der Waals surface area contributed by atoms with Gasteiger partial charge in [-0.25, -0.2) is 9.97 Å². The van der Waals surface area contributed by atoms with Crippen LogP contribution in [0.3, 0.4) is 0 Å². The summed E-state index contributed by atoms with van der Waals surface area (Å²) in [5.41, 5.74) is 8.72. The van der Waals surface area contributed by atoms with Crippen LogP contribution in [0.15, 0.2) is 54.9 Å². The minimum Gasteiger partial charge on any atom is -0.356 e. The van der Waals surface area contributed by atoms with Crippen LogP contribution in [0.2, 0.25) is 5.02 Å². The second-order valence-corrected chi connectivity index (χ2v) is 7.31. The number of hydrogen-bond acceptors (Lipinski definition) is 5. The Balaban J connectivity index is 1.78. The quantitative estimate of drug-likeness (QED) is 0.741. The topological polar surface area (TPSA) is 67.9 Å². The molecule has 1 aromatic carbocycles. The Hall–Kier alpha value is -2.50. The van der Waals surface area contributed by atoms with E-state index in [1.165, 1.54) is 6.42 Å². The number of nitrogens with zero attached hydrogens (tertiary/aromatic N) is 4. The maximum absolute atomic E-state index is 6.05. The molecule has 1 atom stereocenters. The summed E-state index contributed by atoms with van der Waals surface area (Å²) in [6, 6.07) is 13.7. The highest BCUT2D eigenvalue weighted by molar-refractivity contribution is 6.30. The molecule has 27 heavy (non-hydrogen) atoms. The zero-order chi connectivity index (χ0) is 18.6. The Kier molecular flexibility index (Phi) is 5.32. The Bertz CT molecular complexity index is 898. The minimum atomic E-state index is 0.509. The molecule has 5 nitrogen and oxygen atoms in total. The highest BCUT2D eigenvalue weighted by Crippen LogP contribution is 2.29. The molecule has 4 rings (SSSR count). The van der Waals surface area contributed by atoms with Gasteiger partial charge in [-0.3, -0.25) is 4.98 Å². The lowest BCUT2D eigenvalue weighted by atomic mass is 9.98. The lowest BCUT2D eigenvalue weighted by Crippen LogP contribution is -2.38. The molecule has 3 heterocycles. The zero-order valence-electron chi connectivity index (χ0n) is 15.1. The number of benzene rings is 1. The smallest absolute Gasteiger partial charge is 0.163 e. The van der Waals surface area contributed by atoms with Crippen molar-refractivity contribution in [1.82, 2.24) is 15.0 Å². The van der Waals surface area contributed by atoms with Crippen molar-refractivity contribution in [1.29, 1.82) is 0 Å². The number of pyridine rings is 1. The predicted molar refractivity (Wildman–Crippen MR) is 110 cm³/mol. The normalized spacial score (nSPS) is 17.1. The summed E-state index contributed by atoms with van der Waals surface area (Å²) >= 11 is 6.05. The molecular formula is C21H22ClN5. The van der Waals surface area contributed by atoms with Crippen LogP contribution >= 0.6 is 11.6 Å². The van der Waals surface area contributed by atoms with Crippen molar-refractivity contribution in [2.45, 2.75) is 12.8 Å². The van der Waals surface area contributed by atoms with Crippen LogP contribution in [0.1, 0.15) is 12.8 Å². The summed E-state index contributed by atoms with van der Waals surface area (Å²) in [5, 5.41) is 0.710. The van der Waals surface area contributed by atoms with Crippen LogP contribution in [0, 0.1) is 5.92 Å². The van der Waals surface area contributed by atoms with E-state index in [1.54, 1.807) is 12.4 Å². The third-order valence-electron chi connectivity index (χ3n) is 4.95. The number of piperidine rings is 1. The van der Waals surface area contributed by atoms with Crippen molar-refractivity contribution in [2.75, 3.05) is 24.5 Å². The molecule has 2 N–H and O–H groups in total. The van der Waals surface area contributed by atoms with Gasteiger partial charge >= 0.3 is 0 Å². The van der Waals surface area contributed by atoms with Gasteiger partial charge in [0.1, 0.15) is 5.82 Å². The maximum Gasteiger partial charge on any atom is 0.163 e. The van der Waals surface area contributed by atoms with Crippen molar-refractivity contribution in [3.63, 3.8) is 0 Å². The predicted octanol–water partition coefficient (Wildman–Crippen LogP) is 4.03. The molecule has 0 aliphatic carbocycles. The highest BCUT2D eigenvalue weighted by atomic mass is 35.5. The van der Waals surface area contributed by atoms with E-state index in [9.17, 15) is 0 Å². The first-order valence-corrected chi connectivity index (χ1v) is 9.61. The lowest BCUT2D eigenvalue weighted by Gasteiger charge is -2.33. The second kappa shape index (κ2) is 8.03. The van der Waals surface area contributed by atoms with E-state index in [0.717, 1.165) is 42.1 Å². The van der Waals surface area contributed by atoms with E-state index in [2.05, 4.69) is 16.0 Å². The number of halogens is 1. The summed E-state index contributed by atoms with van der Waals surface area (Å²) in [7, 11) is 0. The van der Waals surface area contributed by atoms with Crippen LogP contribution in [-0.4, -0.2) is 34.6 Å². The molecule has 3 aromatic rings. The first-order chi connectivity index (χ1) is 13.2. The molecule has 0 spiro atoms. The number of nitrogens with two attached hydrogens (primary N) is 1. The summed E-state index contributed by atoms with van der Waals surface area (Å²) in [5.74, 6) is 2.13. The fourth-order valence-electron chi connectivity index (χ4n) is 3.45. The molecule has 1 fully saturated rings. The average molecular weight is 380 g/mol. The number of hydrogen-bond donors (Lipinski definition) is 1. The van der Waals surface area contributed by atoms with Crippen molar-refractivity contribution >= 4 is 17.4 Å². The van der Waals surface area contributed by atoms with E-state index >= 15 is 0 Å². The molecule has 0 unspecified atom stereocenters. The summed E-state index contributed by atoms with van der Waals surface area (Å²) in [6.45, 7) is 2.63. The molecule has 0 bridgehead atoms. The highest BCUT2D eigenvalue weighted by Gasteiger charge is 2.21. The van der Waals surface area contributed by atoms with Crippen molar-refractivity contribution in [2.24, 2.45) is 11.7 Å². The lowest BCUT2D eigenvalue weighted by molar-refractivity contribution is 0.421. The summed E-state index contributed by atoms with van der Waals surface area (Å²) < 4.78 is 0. The van der Waals surface area contributed by atoms with Gasteiger partial charge in [0.05, 0.1) is 5.69 Å². The second-order valence-electron chi connectivity index (χ2n) is 6.87. The van der Waals surface area contributed by atoms with Gasteiger partial charge in [0.2, 0.25) is 0 Å². The van der Waals surface area contributed by atoms with Crippen molar-refractivity contribution in [3.05, 3.63) is 59.9 Å². The van der Waals surface area contributed by atoms with Crippen LogP contribution in [0.4, 0.5) is 5.82 Å². The van der Waals surface area contributed by atoms with Gasteiger partial charge in [-0.15, -0.1) is 0 Å². The SMILES string of the molecule is NC[C@@H]1CCCN(c2cc(-c3ccc(Cl)cc3)nc(-c3cccnc3)n2)C1. The molecule has 1 saturated heterocycles. The van der Waals surface area contributed by atoms with Gasteiger partial charge in [-0.2, -0.15) is 0 Å². The monoisotopic (exact) mass is 379 g/mol. The molecule has 138 valence electrons. The molecule has 6 heteroatoms. The minimum absolute atomic E-state index is 0.509. The third kappa shape index (κ3) is 4.10. The fraction of sp³-hybridized carbons (Fsp3) is 0.286. The Morgan fingerprint density at radius 2 is 1.96 bits per heavy atom. The molecule has 0 radical (unpaired) electrons. The van der Waals surface area contributed by atoms with Crippen molar-refractivity contribution in [3.8, 4) is 22.6 Å². The number of anilines is 1. The van der Waals surface area contributed by atoms with Gasteiger partial charge in [-0.1, -0.05) is 23.7 Å². The Morgan fingerprint density at radius 3 is 2.70 bits per heavy atom. The van der Waals surface area contributed by atoms with E-state index < -0.39 is 0 Å². The van der Waals surface area contributed by atoms with E-state index in [1.807, 2.05) is 36.4 Å². The molecule has 0 saturated carbocycles. The summed E-state index contributed by atoms with van der Waals surface area (Å²) in [4.78, 5) is 16.2. The largest absolute Gasteiger partial charge is 0.356 e. The van der Waals surface area contributed by atoms with E-state index in [4.69, 9.17) is 27.3 Å². The number of rotatable bonds is 4. The molecule has 1 aliphatic heterocycles. The Morgan fingerprint density at radius 1 is 1.11 bits per heavy atom. The van der Waals surface area contributed by atoms with Gasteiger partial charge < -0.3 is 10.6 Å². The average Bonchev–Trinajstić information content (AvgIpc) is 2.74. The number of aromatic nitrogens is 3. The van der Waals surface area contributed by atoms with E-state index in [0.29, 0.717) is 23.3 Å². The zero-order valence-corrected chi connectivity index (χ0v) is 15.8. The molecule has 2 aromatic heterocycles. The van der Waals surface area contributed by atoms with Gasteiger partial charge in [0.25, 0.3) is 0 Å². The van der Waals surface area contributed by atoms with E-state index in [-0.39, 0.29) is 0 Å². The van der Waals surface area contributed by atoms with Gasteiger partial charge in [0, 0.05) is 47.7 Å². The molecule has 0 amide bonds. The van der Waals surface area contributed by atoms with Crippen LogP contribution in [0.5, 0.6) is 0 Å². The van der Waals surface area contributed by atoms with Crippen molar-refractivity contribution < 1.29 is 0 Å². The standard InChI is InChI=1S/C21H22ClN5/c22-18-7-5-16(6-8-18)19-11-20(27-10-2-3-15(12-23)14-27)26-21(25-19)17-4-1-9-24-13-17/h1,4-9,11,13,15H,2-3,10,12,14,23H2/t15-/m0/s1. The first-order valence-electron chi connectivity index (χ1n) is 9.23. The summed E-state index contributed by atoms with van der Waals surface area (Å²) in [6.07, 6.45) is 5.86. The van der Waals surface area contributed by atoms with Gasteiger partial charge in [0.15, 0.2) is 5.82 Å². The Labute approximate surface area is 164 Å². The fourth-order valence-corrected chi connectivity index (χ4v) is 3.58. The molecule has 1 aliphatic rings. The maximum atomic E-state index is 6.05. The van der Waals surface area contributed by atoms with Gasteiger partial charge in [-0.05, 0) is 49.6 Å². The third-order valence-corrected chi connectivity index (χ3v) is 5.20.